The molecule has 10 atom stereocenters. The highest BCUT2D eigenvalue weighted by Gasteiger charge is 2.62. The summed E-state index contributed by atoms with van der Waals surface area (Å²) in [6.45, 7) is 11.8. The molecule has 4 aliphatic rings. The third-order valence-electron chi connectivity index (χ3n) is 13.3. The van der Waals surface area contributed by atoms with E-state index in [9.17, 15) is 9.90 Å². The first kappa shape index (κ1) is 34.2. The molecule has 0 saturated heterocycles. The number of carbonyl (C=O) groups excluding carboxylic acids is 1. The van der Waals surface area contributed by atoms with Gasteiger partial charge in [0, 0.05) is 19.5 Å². The van der Waals surface area contributed by atoms with Crippen LogP contribution in [-0.4, -0.2) is 56.4 Å². The third-order valence-corrected chi connectivity index (χ3v) is 13.3. The van der Waals surface area contributed by atoms with E-state index in [1.165, 1.54) is 89.9 Å². The second kappa shape index (κ2) is 16.0. The molecule has 1 amide bonds. The van der Waals surface area contributed by atoms with Crippen molar-refractivity contribution < 1.29 is 9.90 Å². The van der Waals surface area contributed by atoms with E-state index in [1.54, 1.807) is 7.05 Å². The Hall–Kier alpha value is -0.690. The number of nitrogens with one attached hydrogen (secondary N) is 3. The average Bonchev–Trinajstić information content (AvgIpc) is 3.34. The summed E-state index contributed by atoms with van der Waals surface area (Å²) in [7, 11) is 1.75. The summed E-state index contributed by atoms with van der Waals surface area (Å²) in [5.74, 6) is 3.88. The predicted molar refractivity (Wildman–Crippen MR) is 175 cm³/mol. The number of aliphatic hydroxyl groups excluding tert-OH is 1. The number of rotatable bonds is 17. The second-order valence-electron chi connectivity index (χ2n) is 15.7. The molecule has 0 spiro atoms. The fourth-order valence-electron chi connectivity index (χ4n) is 10.8. The lowest BCUT2D eigenvalue weighted by atomic mass is 9.43. The van der Waals surface area contributed by atoms with Crippen molar-refractivity contribution in [1.82, 2.24) is 16.0 Å². The van der Waals surface area contributed by atoms with E-state index in [1.807, 2.05) is 0 Å². The van der Waals surface area contributed by atoms with Crippen LogP contribution in [0.5, 0.6) is 0 Å². The quantitative estimate of drug-likeness (QED) is 0.134. The molecule has 244 valence electrons. The van der Waals surface area contributed by atoms with Crippen molar-refractivity contribution in [3.63, 3.8) is 0 Å². The van der Waals surface area contributed by atoms with E-state index in [-0.39, 0.29) is 12.0 Å². The SMILES string of the molecule is CNC(=O)CC[C@@H](C)[C@H]1CCC2C3C(CC[C@@]21C)[C@@]1(C)CC[C@H](NCCCNCCCCCCCCN)CC1C[C@H]3O. The molecule has 4 rings (SSSR count). The lowest BCUT2D eigenvalue weighted by Gasteiger charge is -2.62. The van der Waals surface area contributed by atoms with E-state index in [0.717, 1.165) is 39.0 Å². The van der Waals surface area contributed by atoms with Crippen molar-refractivity contribution in [2.24, 2.45) is 52.1 Å². The standard InChI is InChI=1S/C36H68N4O2/c1-26(12-15-33(42)38-4)29-13-14-30-34-31(17-19-36(29,30)3)35(2)18-16-28(24-27(35)25-32(34)41)40-23-11-22-39-21-10-8-6-5-7-9-20-37/h26-32,34,39-41H,5-25,37H2,1-4H3,(H,38,42)/t26-,27?,28+,29-,30?,31?,32-,34?,35+,36-/m1/s1. The van der Waals surface area contributed by atoms with E-state index >= 15 is 0 Å². The summed E-state index contributed by atoms with van der Waals surface area (Å²) in [5.41, 5.74) is 6.29. The zero-order valence-electron chi connectivity index (χ0n) is 27.9. The van der Waals surface area contributed by atoms with Gasteiger partial charge in [-0.3, -0.25) is 4.79 Å². The van der Waals surface area contributed by atoms with Crippen molar-refractivity contribution in [2.45, 2.75) is 142 Å². The van der Waals surface area contributed by atoms with E-state index in [0.29, 0.717) is 58.8 Å². The van der Waals surface area contributed by atoms with Crippen LogP contribution < -0.4 is 21.7 Å². The fraction of sp³-hybridized carbons (Fsp3) is 0.972. The molecular weight excluding hydrogens is 520 g/mol. The first-order valence-corrected chi connectivity index (χ1v) is 18.3. The lowest BCUT2D eigenvalue weighted by Crippen LogP contribution is -2.59. The Morgan fingerprint density at radius 3 is 2.33 bits per heavy atom. The Labute approximate surface area is 258 Å². The lowest BCUT2D eigenvalue weighted by molar-refractivity contribution is -0.167. The topological polar surface area (TPSA) is 99.4 Å². The van der Waals surface area contributed by atoms with E-state index in [4.69, 9.17) is 5.73 Å². The zero-order chi connectivity index (χ0) is 30.2. The zero-order valence-corrected chi connectivity index (χ0v) is 27.9. The van der Waals surface area contributed by atoms with Crippen molar-refractivity contribution in [2.75, 3.05) is 33.2 Å². The number of amides is 1. The smallest absolute Gasteiger partial charge is 0.219 e. The minimum absolute atomic E-state index is 0.138. The monoisotopic (exact) mass is 589 g/mol. The molecule has 6 N–H and O–H groups in total. The van der Waals surface area contributed by atoms with Gasteiger partial charge in [0.1, 0.15) is 0 Å². The largest absolute Gasteiger partial charge is 0.393 e. The molecule has 0 aromatic heterocycles. The highest BCUT2D eigenvalue weighted by Crippen LogP contribution is 2.68. The van der Waals surface area contributed by atoms with Gasteiger partial charge in [0.15, 0.2) is 0 Å². The number of fused-ring (bicyclic) bond motifs is 5. The maximum atomic E-state index is 11.9. The third kappa shape index (κ3) is 7.93. The molecule has 0 aromatic carbocycles. The van der Waals surface area contributed by atoms with Crippen molar-refractivity contribution in [3.8, 4) is 0 Å². The van der Waals surface area contributed by atoms with Gasteiger partial charge < -0.3 is 26.8 Å². The Balaban J connectivity index is 1.20. The van der Waals surface area contributed by atoms with E-state index in [2.05, 4.69) is 36.7 Å². The summed E-state index contributed by atoms with van der Waals surface area (Å²) in [5, 5.41) is 22.1. The highest BCUT2D eigenvalue weighted by molar-refractivity contribution is 5.75. The molecule has 42 heavy (non-hydrogen) atoms. The summed E-state index contributed by atoms with van der Waals surface area (Å²) >= 11 is 0. The molecule has 4 aliphatic carbocycles. The fourth-order valence-corrected chi connectivity index (χ4v) is 10.8. The van der Waals surface area contributed by atoms with Gasteiger partial charge >= 0.3 is 0 Å². The molecule has 4 saturated carbocycles. The molecular formula is C36H68N4O2. The molecule has 0 aromatic rings. The number of aliphatic hydroxyl groups is 1. The summed E-state index contributed by atoms with van der Waals surface area (Å²) in [6, 6.07) is 0.617. The van der Waals surface area contributed by atoms with Gasteiger partial charge in [0.05, 0.1) is 6.10 Å². The van der Waals surface area contributed by atoms with Crippen LogP contribution in [-0.2, 0) is 4.79 Å². The highest BCUT2D eigenvalue weighted by atomic mass is 16.3. The Morgan fingerprint density at radius 1 is 0.881 bits per heavy atom. The molecule has 0 bridgehead atoms. The molecule has 6 heteroatoms. The summed E-state index contributed by atoms with van der Waals surface area (Å²) in [4.78, 5) is 11.9. The molecule has 6 nitrogen and oxygen atoms in total. The van der Waals surface area contributed by atoms with Crippen LogP contribution >= 0.6 is 0 Å². The van der Waals surface area contributed by atoms with Crippen LogP contribution in [0.2, 0.25) is 0 Å². The van der Waals surface area contributed by atoms with Crippen molar-refractivity contribution in [1.29, 1.82) is 0 Å². The number of hydrogen-bond donors (Lipinski definition) is 5. The van der Waals surface area contributed by atoms with Gasteiger partial charge in [-0.1, -0.05) is 46.5 Å². The normalized spacial score (nSPS) is 38.4. The van der Waals surface area contributed by atoms with Crippen LogP contribution in [0.4, 0.5) is 0 Å². The maximum Gasteiger partial charge on any atom is 0.219 e. The summed E-state index contributed by atoms with van der Waals surface area (Å²) < 4.78 is 0. The van der Waals surface area contributed by atoms with Gasteiger partial charge in [-0.15, -0.1) is 0 Å². The van der Waals surface area contributed by atoms with Crippen LogP contribution in [0, 0.1) is 46.3 Å². The number of nitrogens with two attached hydrogens (primary N) is 1. The minimum Gasteiger partial charge on any atom is -0.393 e. The maximum absolute atomic E-state index is 11.9. The van der Waals surface area contributed by atoms with Gasteiger partial charge in [0.2, 0.25) is 5.91 Å². The number of hydrogen-bond acceptors (Lipinski definition) is 5. The first-order valence-electron chi connectivity index (χ1n) is 18.3. The Bertz CT molecular complexity index is 824. The summed E-state index contributed by atoms with van der Waals surface area (Å²) in [6.07, 6.45) is 20.5. The minimum atomic E-state index is -0.138. The van der Waals surface area contributed by atoms with Crippen molar-refractivity contribution in [3.05, 3.63) is 0 Å². The number of unbranched alkanes of at least 4 members (excludes halogenated alkanes) is 5. The Morgan fingerprint density at radius 2 is 1.57 bits per heavy atom. The molecule has 4 fully saturated rings. The van der Waals surface area contributed by atoms with Crippen LogP contribution in [0.25, 0.3) is 0 Å². The van der Waals surface area contributed by atoms with Crippen LogP contribution in [0.1, 0.15) is 130 Å². The molecule has 4 unspecified atom stereocenters. The van der Waals surface area contributed by atoms with Crippen LogP contribution in [0.3, 0.4) is 0 Å². The van der Waals surface area contributed by atoms with Gasteiger partial charge in [-0.2, -0.15) is 0 Å². The first-order chi connectivity index (χ1) is 20.2. The van der Waals surface area contributed by atoms with Crippen molar-refractivity contribution >= 4 is 5.91 Å². The van der Waals surface area contributed by atoms with Gasteiger partial charge in [0.25, 0.3) is 0 Å². The molecule has 0 aliphatic heterocycles. The van der Waals surface area contributed by atoms with Gasteiger partial charge in [-0.25, -0.2) is 0 Å². The molecule has 0 radical (unpaired) electrons. The second-order valence-corrected chi connectivity index (χ2v) is 15.7. The van der Waals surface area contributed by atoms with Crippen LogP contribution in [0.15, 0.2) is 0 Å². The predicted octanol–water partition coefficient (Wildman–Crippen LogP) is 6.02. The average molecular weight is 589 g/mol. The van der Waals surface area contributed by atoms with Gasteiger partial charge in [-0.05, 0) is 150 Å². The molecule has 0 heterocycles. The number of carbonyl (C=O) groups is 1. The Kier molecular flexibility index (Phi) is 13.1. The van der Waals surface area contributed by atoms with E-state index < -0.39 is 0 Å².